The standard InChI is InChI=1S/C18H18ClNO3S/c1-10(12-3-4-12)23-18(21)15-9-13(5-6-16(15)19)20-17(24)14-7-8-22-11(14)2/h5-10,12H,3-4H2,1-2H3,(H,20,24). The Balaban J connectivity index is 1.74. The number of anilines is 1. The third-order valence-electron chi connectivity index (χ3n) is 4.13. The van der Waals surface area contributed by atoms with Crippen LogP contribution in [0.4, 0.5) is 5.69 Å². The molecule has 1 aromatic carbocycles. The van der Waals surface area contributed by atoms with E-state index in [-0.39, 0.29) is 6.10 Å². The second-order valence-corrected chi connectivity index (χ2v) is 6.80. The van der Waals surface area contributed by atoms with Crippen LogP contribution in [0.1, 0.15) is 41.4 Å². The average molecular weight is 364 g/mol. The smallest absolute Gasteiger partial charge is 0.340 e. The molecule has 0 saturated heterocycles. The zero-order valence-corrected chi connectivity index (χ0v) is 15.0. The maximum atomic E-state index is 12.3. The molecule has 1 heterocycles. The number of esters is 1. The van der Waals surface area contributed by atoms with Crippen LogP contribution in [0.25, 0.3) is 0 Å². The highest BCUT2D eigenvalue weighted by Crippen LogP contribution is 2.34. The summed E-state index contributed by atoms with van der Waals surface area (Å²) in [6, 6.07) is 6.89. The van der Waals surface area contributed by atoms with E-state index in [4.69, 9.17) is 33.0 Å². The maximum Gasteiger partial charge on any atom is 0.340 e. The van der Waals surface area contributed by atoms with Gasteiger partial charge >= 0.3 is 5.97 Å². The number of nitrogens with one attached hydrogen (secondary N) is 1. The lowest BCUT2D eigenvalue weighted by Gasteiger charge is -2.14. The molecule has 1 aliphatic rings. The number of ether oxygens (including phenoxy) is 1. The third kappa shape index (κ3) is 3.79. The Labute approximate surface area is 151 Å². The van der Waals surface area contributed by atoms with Crippen molar-refractivity contribution in [2.24, 2.45) is 5.92 Å². The lowest BCUT2D eigenvalue weighted by Crippen LogP contribution is -2.17. The predicted molar refractivity (Wildman–Crippen MR) is 97.8 cm³/mol. The van der Waals surface area contributed by atoms with Gasteiger partial charge in [-0.25, -0.2) is 4.79 Å². The van der Waals surface area contributed by atoms with E-state index >= 15 is 0 Å². The largest absolute Gasteiger partial charge is 0.469 e. The van der Waals surface area contributed by atoms with Crippen LogP contribution in [0.5, 0.6) is 0 Å². The lowest BCUT2D eigenvalue weighted by molar-refractivity contribution is 0.0295. The number of hydrogen-bond acceptors (Lipinski definition) is 4. The van der Waals surface area contributed by atoms with Crippen molar-refractivity contribution in [3.63, 3.8) is 0 Å². The van der Waals surface area contributed by atoms with Crippen molar-refractivity contribution in [3.8, 4) is 0 Å². The van der Waals surface area contributed by atoms with Crippen molar-refractivity contribution >= 4 is 40.5 Å². The first-order chi connectivity index (χ1) is 11.5. The molecular weight excluding hydrogens is 346 g/mol. The highest BCUT2D eigenvalue weighted by molar-refractivity contribution is 7.81. The van der Waals surface area contributed by atoms with Gasteiger partial charge in [-0.3, -0.25) is 0 Å². The van der Waals surface area contributed by atoms with E-state index in [0.717, 1.165) is 24.2 Å². The van der Waals surface area contributed by atoms with E-state index in [1.165, 1.54) is 0 Å². The van der Waals surface area contributed by atoms with Crippen LogP contribution >= 0.6 is 23.8 Å². The second kappa shape index (κ2) is 6.95. The summed E-state index contributed by atoms with van der Waals surface area (Å²) in [7, 11) is 0. The molecule has 1 aromatic heterocycles. The minimum Gasteiger partial charge on any atom is -0.469 e. The molecule has 4 nitrogen and oxygen atoms in total. The Morgan fingerprint density at radius 3 is 2.75 bits per heavy atom. The van der Waals surface area contributed by atoms with Gasteiger partial charge in [0.2, 0.25) is 0 Å². The molecule has 0 spiro atoms. The second-order valence-electron chi connectivity index (χ2n) is 5.99. The number of aryl methyl sites for hydroxylation is 1. The van der Waals surface area contributed by atoms with Crippen LogP contribution in [0.15, 0.2) is 34.9 Å². The fourth-order valence-corrected chi connectivity index (χ4v) is 3.00. The average Bonchev–Trinajstić information content (AvgIpc) is 3.30. The molecule has 3 rings (SSSR count). The number of halogens is 1. The van der Waals surface area contributed by atoms with E-state index in [1.54, 1.807) is 30.5 Å². The summed E-state index contributed by atoms with van der Waals surface area (Å²) in [5, 5.41) is 3.46. The van der Waals surface area contributed by atoms with Crippen LogP contribution in [0.2, 0.25) is 5.02 Å². The van der Waals surface area contributed by atoms with Crippen LogP contribution in [-0.2, 0) is 4.74 Å². The van der Waals surface area contributed by atoms with Gasteiger partial charge in [0.05, 0.1) is 22.4 Å². The molecule has 1 aliphatic carbocycles. The zero-order valence-electron chi connectivity index (χ0n) is 13.5. The number of thiocarbonyl (C=S) groups is 1. The molecule has 0 amide bonds. The van der Waals surface area contributed by atoms with Gasteiger partial charge in [-0.05, 0) is 56.9 Å². The molecule has 0 radical (unpaired) electrons. The number of furan rings is 1. The molecule has 24 heavy (non-hydrogen) atoms. The number of carbonyl (C=O) groups excluding carboxylic acids is 1. The van der Waals surface area contributed by atoms with Crippen LogP contribution in [-0.4, -0.2) is 17.1 Å². The van der Waals surface area contributed by atoms with Crippen molar-refractivity contribution in [1.29, 1.82) is 0 Å². The van der Waals surface area contributed by atoms with Gasteiger partial charge in [0.15, 0.2) is 0 Å². The first-order valence-electron chi connectivity index (χ1n) is 7.81. The summed E-state index contributed by atoms with van der Waals surface area (Å²) in [4.78, 5) is 12.9. The van der Waals surface area contributed by atoms with E-state index in [2.05, 4.69) is 5.32 Å². The highest BCUT2D eigenvalue weighted by Gasteiger charge is 2.31. The van der Waals surface area contributed by atoms with Crippen LogP contribution in [0.3, 0.4) is 0 Å². The van der Waals surface area contributed by atoms with Gasteiger partial charge < -0.3 is 14.5 Å². The van der Waals surface area contributed by atoms with Crippen molar-refractivity contribution in [1.82, 2.24) is 0 Å². The summed E-state index contributed by atoms with van der Waals surface area (Å²) in [6.07, 6.45) is 3.73. The van der Waals surface area contributed by atoms with Gasteiger partial charge in [-0.1, -0.05) is 23.8 Å². The van der Waals surface area contributed by atoms with Crippen molar-refractivity contribution in [3.05, 3.63) is 52.4 Å². The first kappa shape index (κ1) is 17.0. The molecule has 2 aromatic rings. The summed E-state index contributed by atoms with van der Waals surface area (Å²) in [6.45, 7) is 3.76. The summed E-state index contributed by atoms with van der Waals surface area (Å²) >= 11 is 11.5. The number of carbonyl (C=O) groups is 1. The molecule has 6 heteroatoms. The molecule has 1 unspecified atom stereocenters. The van der Waals surface area contributed by atoms with Crippen LogP contribution < -0.4 is 5.32 Å². The molecule has 1 fully saturated rings. The van der Waals surface area contributed by atoms with E-state index in [0.29, 0.717) is 27.2 Å². The molecule has 1 saturated carbocycles. The molecule has 0 aliphatic heterocycles. The van der Waals surface area contributed by atoms with E-state index in [1.807, 2.05) is 13.8 Å². The number of rotatable bonds is 5. The Morgan fingerprint density at radius 2 is 2.12 bits per heavy atom. The molecule has 1 N–H and O–H groups in total. The fourth-order valence-electron chi connectivity index (χ4n) is 2.47. The van der Waals surface area contributed by atoms with Gasteiger partial charge in [0, 0.05) is 5.69 Å². The predicted octanol–water partition coefficient (Wildman–Crippen LogP) is 4.98. The quantitative estimate of drug-likeness (QED) is 0.599. The van der Waals surface area contributed by atoms with Crippen molar-refractivity contribution in [2.75, 3.05) is 5.32 Å². The molecular formula is C18H18ClNO3S. The molecule has 0 bridgehead atoms. The van der Waals surface area contributed by atoms with Gasteiger partial charge in [0.1, 0.15) is 16.9 Å². The topological polar surface area (TPSA) is 51.5 Å². The number of benzene rings is 1. The Kier molecular flexibility index (Phi) is 4.92. The van der Waals surface area contributed by atoms with Crippen LogP contribution in [0, 0.1) is 12.8 Å². The highest BCUT2D eigenvalue weighted by atomic mass is 35.5. The van der Waals surface area contributed by atoms with E-state index in [9.17, 15) is 4.79 Å². The monoisotopic (exact) mass is 363 g/mol. The number of hydrogen-bond donors (Lipinski definition) is 1. The summed E-state index contributed by atoms with van der Waals surface area (Å²) < 4.78 is 10.7. The normalized spacial score (nSPS) is 15.0. The van der Waals surface area contributed by atoms with Crippen molar-refractivity contribution < 1.29 is 13.9 Å². The Hall–Kier alpha value is -1.85. The third-order valence-corrected chi connectivity index (χ3v) is 4.78. The lowest BCUT2D eigenvalue weighted by atomic mass is 10.2. The van der Waals surface area contributed by atoms with Gasteiger partial charge in [-0.15, -0.1) is 0 Å². The minimum atomic E-state index is -0.409. The summed E-state index contributed by atoms with van der Waals surface area (Å²) in [5.74, 6) is 0.804. The van der Waals surface area contributed by atoms with Gasteiger partial charge in [-0.2, -0.15) is 0 Å². The SMILES string of the molecule is Cc1occc1C(=S)Nc1ccc(Cl)c(C(=O)OC(C)C2CC2)c1. The first-order valence-corrected chi connectivity index (χ1v) is 8.60. The fraction of sp³-hybridized carbons (Fsp3) is 0.333. The zero-order chi connectivity index (χ0) is 17.3. The maximum absolute atomic E-state index is 12.3. The Morgan fingerprint density at radius 1 is 1.38 bits per heavy atom. The summed E-state index contributed by atoms with van der Waals surface area (Å²) in [5.41, 5.74) is 1.82. The Bertz CT molecular complexity index is 782. The van der Waals surface area contributed by atoms with E-state index < -0.39 is 5.97 Å². The molecule has 126 valence electrons. The van der Waals surface area contributed by atoms with Gasteiger partial charge in [0.25, 0.3) is 0 Å². The minimum absolute atomic E-state index is 0.0835. The van der Waals surface area contributed by atoms with Crippen molar-refractivity contribution in [2.45, 2.75) is 32.8 Å². The molecule has 1 atom stereocenters.